The summed E-state index contributed by atoms with van der Waals surface area (Å²) in [5.41, 5.74) is 5.76. The van der Waals surface area contributed by atoms with Gasteiger partial charge < -0.3 is 11.1 Å². The highest BCUT2D eigenvalue weighted by atomic mass is 32.1. The lowest BCUT2D eigenvalue weighted by molar-refractivity contribution is 0.0928. The summed E-state index contributed by atoms with van der Waals surface area (Å²) in [5, 5.41) is 3.96. The van der Waals surface area contributed by atoms with Gasteiger partial charge in [0.05, 0.1) is 11.2 Å². The van der Waals surface area contributed by atoms with Crippen LogP contribution in [-0.4, -0.2) is 23.5 Å². The van der Waals surface area contributed by atoms with Crippen LogP contribution >= 0.6 is 11.3 Å². The second kappa shape index (κ2) is 5.60. The Morgan fingerprint density at radius 2 is 2.35 bits per heavy atom. The quantitative estimate of drug-likeness (QED) is 0.858. The zero-order valence-corrected chi connectivity index (χ0v) is 10.9. The molecule has 1 saturated carbocycles. The van der Waals surface area contributed by atoms with Gasteiger partial charge in [-0.05, 0) is 25.7 Å². The number of carbonyl (C=O) groups excluding carboxylic acids is 1. The Bertz CT molecular complexity index is 385. The first-order valence-electron chi connectivity index (χ1n) is 6.14. The third kappa shape index (κ3) is 3.04. The molecule has 1 aliphatic carbocycles. The SMILES string of the molecule is Cc1ncc(C(=O)NC(CN)C2CCCC2)s1. The fourth-order valence-electron chi connectivity index (χ4n) is 2.43. The van der Waals surface area contributed by atoms with Gasteiger partial charge in [0.2, 0.25) is 0 Å². The summed E-state index contributed by atoms with van der Waals surface area (Å²) in [6, 6.07) is 0.118. The van der Waals surface area contributed by atoms with Crippen molar-refractivity contribution in [2.24, 2.45) is 11.7 Å². The Hall–Kier alpha value is -0.940. The molecule has 94 valence electrons. The monoisotopic (exact) mass is 253 g/mol. The van der Waals surface area contributed by atoms with E-state index in [9.17, 15) is 4.79 Å². The van der Waals surface area contributed by atoms with E-state index in [0.29, 0.717) is 17.3 Å². The van der Waals surface area contributed by atoms with Crippen LogP contribution in [0.1, 0.15) is 40.4 Å². The third-order valence-electron chi connectivity index (χ3n) is 3.38. The molecule has 1 aromatic heterocycles. The molecule has 1 aromatic rings. The molecule has 5 heteroatoms. The summed E-state index contributed by atoms with van der Waals surface area (Å²) < 4.78 is 0. The number of nitrogens with zero attached hydrogens (tertiary/aromatic N) is 1. The number of hydrogen-bond donors (Lipinski definition) is 2. The van der Waals surface area contributed by atoms with Gasteiger partial charge in [-0.3, -0.25) is 4.79 Å². The number of carbonyl (C=O) groups is 1. The predicted octanol–water partition coefficient (Wildman–Crippen LogP) is 1.70. The summed E-state index contributed by atoms with van der Waals surface area (Å²) >= 11 is 1.43. The minimum absolute atomic E-state index is 0.0297. The van der Waals surface area contributed by atoms with E-state index in [4.69, 9.17) is 5.73 Å². The number of nitrogens with two attached hydrogens (primary N) is 1. The molecule has 2 rings (SSSR count). The molecule has 1 atom stereocenters. The normalized spacial score (nSPS) is 18.2. The fraction of sp³-hybridized carbons (Fsp3) is 0.667. The second-order valence-electron chi connectivity index (χ2n) is 4.60. The van der Waals surface area contributed by atoms with Gasteiger partial charge in [0.25, 0.3) is 5.91 Å². The summed E-state index contributed by atoms with van der Waals surface area (Å²) in [4.78, 5) is 16.8. The molecule has 4 nitrogen and oxygen atoms in total. The zero-order valence-electron chi connectivity index (χ0n) is 10.1. The molecule has 17 heavy (non-hydrogen) atoms. The van der Waals surface area contributed by atoms with Gasteiger partial charge in [-0.2, -0.15) is 0 Å². The Balaban J connectivity index is 1.96. The third-order valence-corrected chi connectivity index (χ3v) is 4.30. The van der Waals surface area contributed by atoms with Crippen LogP contribution < -0.4 is 11.1 Å². The number of thiazole rings is 1. The highest BCUT2D eigenvalue weighted by Gasteiger charge is 2.25. The van der Waals surface area contributed by atoms with Gasteiger partial charge in [0.1, 0.15) is 4.88 Å². The lowest BCUT2D eigenvalue weighted by Crippen LogP contribution is -2.44. The van der Waals surface area contributed by atoms with E-state index >= 15 is 0 Å². The van der Waals surface area contributed by atoms with Crippen LogP contribution in [0.3, 0.4) is 0 Å². The van der Waals surface area contributed by atoms with Crippen LogP contribution in [0.2, 0.25) is 0 Å². The maximum absolute atomic E-state index is 12.0. The van der Waals surface area contributed by atoms with Crippen molar-refractivity contribution in [3.05, 3.63) is 16.1 Å². The molecule has 0 radical (unpaired) electrons. The van der Waals surface area contributed by atoms with Crippen molar-refractivity contribution >= 4 is 17.2 Å². The fourth-order valence-corrected chi connectivity index (χ4v) is 3.12. The van der Waals surface area contributed by atoms with Crippen LogP contribution in [0.15, 0.2) is 6.20 Å². The molecule has 1 aliphatic rings. The molecule has 0 aliphatic heterocycles. The van der Waals surface area contributed by atoms with Gasteiger partial charge >= 0.3 is 0 Å². The Labute approximate surface area is 106 Å². The molecule has 0 saturated heterocycles. The average molecular weight is 253 g/mol. The van der Waals surface area contributed by atoms with Crippen LogP contribution in [0, 0.1) is 12.8 Å². The number of hydrogen-bond acceptors (Lipinski definition) is 4. The van der Waals surface area contributed by atoms with E-state index < -0.39 is 0 Å². The molecule has 0 bridgehead atoms. The van der Waals surface area contributed by atoms with Gasteiger partial charge in [0.15, 0.2) is 0 Å². The minimum atomic E-state index is -0.0297. The smallest absolute Gasteiger partial charge is 0.263 e. The predicted molar refractivity (Wildman–Crippen MR) is 69.1 cm³/mol. The van der Waals surface area contributed by atoms with Crippen molar-refractivity contribution in [2.45, 2.75) is 38.6 Å². The first kappa shape index (κ1) is 12.5. The van der Waals surface area contributed by atoms with E-state index in [1.54, 1.807) is 6.20 Å². The molecular formula is C12H19N3OS. The minimum Gasteiger partial charge on any atom is -0.347 e. The number of amides is 1. The lowest BCUT2D eigenvalue weighted by Gasteiger charge is -2.22. The standard InChI is InChI=1S/C12H19N3OS/c1-8-14-7-11(17-8)12(16)15-10(6-13)9-4-2-3-5-9/h7,9-10H,2-6,13H2,1H3,(H,15,16). The molecule has 1 fully saturated rings. The summed E-state index contributed by atoms with van der Waals surface area (Å²) in [6.07, 6.45) is 6.53. The first-order chi connectivity index (χ1) is 8.20. The van der Waals surface area contributed by atoms with E-state index in [1.165, 1.54) is 37.0 Å². The largest absolute Gasteiger partial charge is 0.347 e. The maximum atomic E-state index is 12.0. The Kier molecular flexibility index (Phi) is 4.12. The highest BCUT2D eigenvalue weighted by molar-refractivity contribution is 7.13. The van der Waals surface area contributed by atoms with Crippen molar-refractivity contribution in [3.63, 3.8) is 0 Å². The summed E-state index contributed by atoms with van der Waals surface area (Å²) in [6.45, 7) is 2.42. The summed E-state index contributed by atoms with van der Waals surface area (Å²) in [5.74, 6) is 0.524. The van der Waals surface area contributed by atoms with Crippen LogP contribution in [0.25, 0.3) is 0 Å². The van der Waals surface area contributed by atoms with Crippen molar-refractivity contribution in [2.75, 3.05) is 6.54 Å². The lowest BCUT2D eigenvalue weighted by atomic mass is 9.98. The first-order valence-corrected chi connectivity index (χ1v) is 6.95. The van der Waals surface area contributed by atoms with Gasteiger partial charge in [-0.15, -0.1) is 11.3 Å². The molecule has 1 heterocycles. The zero-order chi connectivity index (χ0) is 12.3. The molecular weight excluding hydrogens is 234 g/mol. The Morgan fingerprint density at radius 1 is 1.65 bits per heavy atom. The molecule has 3 N–H and O–H groups in total. The summed E-state index contributed by atoms with van der Waals surface area (Å²) in [7, 11) is 0. The second-order valence-corrected chi connectivity index (χ2v) is 5.84. The number of aromatic nitrogens is 1. The van der Waals surface area contributed by atoms with Gasteiger partial charge in [-0.1, -0.05) is 12.8 Å². The van der Waals surface area contributed by atoms with E-state index in [-0.39, 0.29) is 11.9 Å². The van der Waals surface area contributed by atoms with Crippen LogP contribution in [-0.2, 0) is 0 Å². The molecule has 0 aromatic carbocycles. The van der Waals surface area contributed by atoms with Crippen molar-refractivity contribution < 1.29 is 4.79 Å². The average Bonchev–Trinajstić information content (AvgIpc) is 2.96. The van der Waals surface area contributed by atoms with Gasteiger partial charge in [0, 0.05) is 12.6 Å². The van der Waals surface area contributed by atoms with Crippen LogP contribution in [0.4, 0.5) is 0 Å². The highest BCUT2D eigenvalue weighted by Crippen LogP contribution is 2.27. The van der Waals surface area contributed by atoms with Gasteiger partial charge in [-0.25, -0.2) is 4.98 Å². The number of aryl methyl sites for hydroxylation is 1. The van der Waals surface area contributed by atoms with Crippen molar-refractivity contribution in [3.8, 4) is 0 Å². The van der Waals surface area contributed by atoms with Crippen molar-refractivity contribution in [1.29, 1.82) is 0 Å². The number of nitrogens with one attached hydrogen (secondary N) is 1. The van der Waals surface area contributed by atoms with E-state index in [2.05, 4.69) is 10.3 Å². The maximum Gasteiger partial charge on any atom is 0.263 e. The van der Waals surface area contributed by atoms with E-state index in [0.717, 1.165) is 5.01 Å². The number of rotatable bonds is 4. The van der Waals surface area contributed by atoms with Crippen LogP contribution in [0.5, 0.6) is 0 Å². The topological polar surface area (TPSA) is 68.0 Å². The van der Waals surface area contributed by atoms with E-state index in [1.807, 2.05) is 6.92 Å². The molecule has 1 amide bonds. The van der Waals surface area contributed by atoms with Crippen molar-refractivity contribution in [1.82, 2.24) is 10.3 Å². The molecule has 1 unspecified atom stereocenters. The molecule has 0 spiro atoms. The Morgan fingerprint density at radius 3 is 2.88 bits per heavy atom.